The van der Waals surface area contributed by atoms with Gasteiger partial charge in [0.15, 0.2) is 5.16 Å². The van der Waals surface area contributed by atoms with Gasteiger partial charge in [0.05, 0.1) is 31.8 Å². The van der Waals surface area contributed by atoms with Gasteiger partial charge in [-0.05, 0) is 25.0 Å². The third-order valence-corrected chi connectivity index (χ3v) is 7.22. The average molecular weight is 446 g/mol. The van der Waals surface area contributed by atoms with Gasteiger partial charge in [-0.1, -0.05) is 43.2 Å². The maximum Gasteiger partial charge on any atom is 0.230 e. The molecule has 1 aromatic heterocycles. The Balaban J connectivity index is 1.36. The number of para-hydroxylation sites is 2. The van der Waals surface area contributed by atoms with Crippen LogP contribution in [-0.4, -0.2) is 76.8 Å². The third-order valence-electron chi connectivity index (χ3n) is 6.27. The summed E-state index contributed by atoms with van der Waals surface area (Å²) in [6, 6.07) is 7.70. The summed E-state index contributed by atoms with van der Waals surface area (Å²) in [5, 5.41) is 12.1. The summed E-state index contributed by atoms with van der Waals surface area (Å²) in [6.07, 6.45) is 7.67. The highest BCUT2D eigenvalue weighted by Gasteiger charge is 2.38. The van der Waals surface area contributed by atoms with Gasteiger partial charge in [-0.15, -0.1) is 10.2 Å². The normalized spacial score (nSPS) is 19.1. The number of morpholine rings is 1. The molecule has 1 saturated carbocycles. The fourth-order valence-electron chi connectivity index (χ4n) is 4.61. The summed E-state index contributed by atoms with van der Waals surface area (Å²) in [6.45, 7) is 4.17. The summed E-state index contributed by atoms with van der Waals surface area (Å²) in [5.41, 5.74) is 0.922. The van der Waals surface area contributed by atoms with E-state index in [9.17, 15) is 4.79 Å². The van der Waals surface area contributed by atoms with Gasteiger partial charge in [-0.25, -0.2) is 0 Å². The summed E-state index contributed by atoms with van der Waals surface area (Å²) in [7, 11) is 1.64. The Kier molecular flexibility index (Phi) is 7.47. The molecule has 8 nitrogen and oxygen atoms in total. The summed E-state index contributed by atoms with van der Waals surface area (Å²) < 4.78 is 12.8. The highest BCUT2D eigenvalue weighted by molar-refractivity contribution is 7.99. The van der Waals surface area contributed by atoms with Gasteiger partial charge in [-0.3, -0.25) is 14.3 Å². The minimum absolute atomic E-state index is 0.0257. The molecule has 9 heteroatoms. The molecule has 1 amide bonds. The van der Waals surface area contributed by atoms with Crippen molar-refractivity contribution < 1.29 is 14.3 Å². The molecule has 2 fully saturated rings. The first-order valence-electron chi connectivity index (χ1n) is 11.0. The maximum atomic E-state index is 12.7. The summed E-state index contributed by atoms with van der Waals surface area (Å²) in [5.74, 6) is 1.06. The Labute approximate surface area is 187 Å². The van der Waals surface area contributed by atoms with Gasteiger partial charge in [0, 0.05) is 25.2 Å². The number of carbonyl (C=O) groups excluding carboxylic acids is 1. The first-order chi connectivity index (χ1) is 15.2. The number of rotatable bonds is 8. The van der Waals surface area contributed by atoms with E-state index in [1.54, 1.807) is 13.4 Å². The zero-order valence-electron chi connectivity index (χ0n) is 18.1. The molecule has 0 atom stereocenters. The fraction of sp³-hybridized carbons (Fsp3) is 0.591. The number of carbonyl (C=O) groups is 1. The van der Waals surface area contributed by atoms with E-state index in [0.717, 1.165) is 50.6 Å². The Morgan fingerprint density at radius 2 is 2.00 bits per heavy atom. The molecule has 4 rings (SSSR count). The second kappa shape index (κ2) is 10.5. The highest BCUT2D eigenvalue weighted by Crippen LogP contribution is 2.34. The van der Waals surface area contributed by atoms with Crippen molar-refractivity contribution >= 4 is 17.7 Å². The van der Waals surface area contributed by atoms with Crippen molar-refractivity contribution in [1.82, 2.24) is 25.0 Å². The molecule has 2 aliphatic rings. The molecule has 0 spiro atoms. The highest BCUT2D eigenvalue weighted by atomic mass is 32.2. The molecular formula is C22H31N5O3S. The Morgan fingerprint density at radius 3 is 2.77 bits per heavy atom. The molecular weight excluding hydrogens is 414 g/mol. The molecule has 0 radical (unpaired) electrons. The molecule has 1 N–H and O–H groups in total. The van der Waals surface area contributed by atoms with E-state index in [0.29, 0.717) is 17.5 Å². The molecule has 31 heavy (non-hydrogen) atoms. The van der Waals surface area contributed by atoms with Gasteiger partial charge in [0.25, 0.3) is 0 Å². The number of aromatic nitrogens is 3. The van der Waals surface area contributed by atoms with Crippen LogP contribution in [-0.2, 0) is 9.53 Å². The molecule has 1 aliphatic heterocycles. The van der Waals surface area contributed by atoms with Crippen LogP contribution in [0.5, 0.6) is 5.75 Å². The van der Waals surface area contributed by atoms with Crippen LogP contribution in [0.3, 0.4) is 0 Å². The zero-order valence-corrected chi connectivity index (χ0v) is 18.9. The Hall–Kier alpha value is -2.10. The van der Waals surface area contributed by atoms with Crippen molar-refractivity contribution in [3.63, 3.8) is 0 Å². The number of nitrogens with zero attached hydrogens (tertiary/aromatic N) is 4. The second-order valence-corrected chi connectivity index (χ2v) is 9.05. The van der Waals surface area contributed by atoms with E-state index < -0.39 is 0 Å². The van der Waals surface area contributed by atoms with Crippen LogP contribution < -0.4 is 10.1 Å². The molecule has 168 valence electrons. The van der Waals surface area contributed by atoms with Crippen LogP contribution in [0.25, 0.3) is 5.69 Å². The van der Waals surface area contributed by atoms with Gasteiger partial charge in [0.2, 0.25) is 5.91 Å². The smallest absolute Gasteiger partial charge is 0.230 e. The molecule has 1 aliphatic carbocycles. The van der Waals surface area contributed by atoms with E-state index in [2.05, 4.69) is 20.4 Å². The maximum absolute atomic E-state index is 12.7. The lowest BCUT2D eigenvalue weighted by atomic mass is 9.79. The number of nitrogens with one attached hydrogen (secondary N) is 1. The number of benzene rings is 1. The average Bonchev–Trinajstić information content (AvgIpc) is 3.31. The van der Waals surface area contributed by atoms with Gasteiger partial charge >= 0.3 is 0 Å². The van der Waals surface area contributed by atoms with Crippen LogP contribution >= 0.6 is 11.8 Å². The van der Waals surface area contributed by atoms with Crippen LogP contribution in [0.2, 0.25) is 0 Å². The number of ether oxygens (including phenoxy) is 2. The quantitative estimate of drug-likeness (QED) is 0.625. The van der Waals surface area contributed by atoms with Crippen LogP contribution in [0, 0.1) is 0 Å². The largest absolute Gasteiger partial charge is 0.495 e. The van der Waals surface area contributed by atoms with E-state index in [1.807, 2.05) is 28.8 Å². The van der Waals surface area contributed by atoms with Crippen LogP contribution in [0.4, 0.5) is 0 Å². The minimum Gasteiger partial charge on any atom is -0.495 e. The predicted octanol–water partition coefficient (Wildman–Crippen LogP) is 2.52. The fourth-order valence-corrected chi connectivity index (χ4v) is 5.37. The van der Waals surface area contributed by atoms with Gasteiger partial charge in [-0.2, -0.15) is 0 Å². The first kappa shape index (κ1) is 22.1. The number of amides is 1. The van der Waals surface area contributed by atoms with E-state index in [-0.39, 0.29) is 11.4 Å². The lowest BCUT2D eigenvalue weighted by Gasteiger charge is -2.48. The van der Waals surface area contributed by atoms with Crippen LogP contribution in [0.15, 0.2) is 35.7 Å². The zero-order chi connectivity index (χ0) is 21.5. The molecule has 0 bridgehead atoms. The van der Waals surface area contributed by atoms with Crippen molar-refractivity contribution in [3.8, 4) is 11.4 Å². The minimum atomic E-state index is 0.0257. The molecule has 0 unspecified atom stereocenters. The Bertz CT molecular complexity index is 862. The number of methoxy groups -OCH3 is 1. The molecule has 1 aromatic carbocycles. The first-order valence-corrected chi connectivity index (χ1v) is 12.0. The summed E-state index contributed by atoms with van der Waals surface area (Å²) in [4.78, 5) is 15.3. The molecule has 1 saturated heterocycles. The lowest BCUT2D eigenvalue weighted by Crippen LogP contribution is -2.59. The summed E-state index contributed by atoms with van der Waals surface area (Å²) >= 11 is 1.39. The van der Waals surface area contributed by atoms with Gasteiger partial charge in [0.1, 0.15) is 12.1 Å². The second-order valence-electron chi connectivity index (χ2n) is 8.11. The predicted molar refractivity (Wildman–Crippen MR) is 120 cm³/mol. The van der Waals surface area contributed by atoms with Crippen molar-refractivity contribution in [3.05, 3.63) is 30.6 Å². The lowest BCUT2D eigenvalue weighted by molar-refractivity contribution is -0.119. The number of hydrogen-bond donors (Lipinski definition) is 1. The van der Waals surface area contributed by atoms with Crippen molar-refractivity contribution in [1.29, 1.82) is 0 Å². The topological polar surface area (TPSA) is 81.5 Å². The Morgan fingerprint density at radius 1 is 1.23 bits per heavy atom. The van der Waals surface area contributed by atoms with E-state index in [4.69, 9.17) is 9.47 Å². The molecule has 2 aromatic rings. The number of hydrogen-bond acceptors (Lipinski definition) is 7. The van der Waals surface area contributed by atoms with E-state index >= 15 is 0 Å². The third kappa shape index (κ3) is 5.22. The monoisotopic (exact) mass is 445 g/mol. The van der Waals surface area contributed by atoms with Crippen molar-refractivity contribution in [2.45, 2.75) is 42.8 Å². The SMILES string of the molecule is COc1ccccc1-n1cnnc1SCC(=O)NCC1(N2CCOCC2)CCCCC1. The number of thioether (sulfide) groups is 1. The van der Waals surface area contributed by atoms with Gasteiger partial charge < -0.3 is 14.8 Å². The standard InChI is InChI=1S/C22H31N5O3S/c1-29-19-8-4-3-7-18(19)27-17-24-25-21(27)31-15-20(28)23-16-22(9-5-2-6-10-22)26-11-13-30-14-12-26/h3-4,7-8,17H,2,5-6,9-16H2,1H3,(H,23,28). The van der Waals surface area contributed by atoms with E-state index in [1.165, 1.54) is 31.0 Å². The molecule has 2 heterocycles. The van der Waals surface area contributed by atoms with Crippen LogP contribution in [0.1, 0.15) is 32.1 Å². The van der Waals surface area contributed by atoms with Crippen molar-refractivity contribution in [2.75, 3.05) is 45.7 Å². The van der Waals surface area contributed by atoms with Crippen molar-refractivity contribution in [2.24, 2.45) is 0 Å².